The summed E-state index contributed by atoms with van der Waals surface area (Å²) in [5.41, 5.74) is 3.43. The number of thioether (sulfide) groups is 1. The van der Waals surface area contributed by atoms with Gasteiger partial charge in [-0.3, -0.25) is 14.2 Å². The molecule has 0 spiro atoms. The van der Waals surface area contributed by atoms with Crippen molar-refractivity contribution >= 4 is 46.3 Å². The number of nitrogens with zero attached hydrogens (tertiary/aromatic N) is 2. The van der Waals surface area contributed by atoms with Crippen LogP contribution in [0.2, 0.25) is 0 Å². The molecule has 204 valence electrons. The van der Waals surface area contributed by atoms with Gasteiger partial charge in [0.2, 0.25) is 5.91 Å². The molecule has 2 aliphatic carbocycles. The van der Waals surface area contributed by atoms with Crippen molar-refractivity contribution in [1.82, 2.24) is 4.57 Å². The van der Waals surface area contributed by atoms with Gasteiger partial charge >= 0.3 is 10.8 Å². The Morgan fingerprint density at radius 3 is 2.46 bits per heavy atom. The first-order valence-electron chi connectivity index (χ1n) is 13.6. The number of hydrogen-bond acceptors (Lipinski definition) is 7. The Kier molecular flexibility index (Phi) is 7.05. The molecule has 0 radical (unpaired) electrons. The average Bonchev–Trinajstić information content (AvgIpc) is 3.62. The first kappa shape index (κ1) is 26.2. The number of esters is 1. The molecule has 1 amide bonds. The lowest BCUT2D eigenvalue weighted by Crippen LogP contribution is -2.34. The summed E-state index contributed by atoms with van der Waals surface area (Å²) < 4.78 is 6.70. The van der Waals surface area contributed by atoms with E-state index in [0.29, 0.717) is 40.9 Å². The molecule has 3 aliphatic rings. The second kappa shape index (κ2) is 10.5. The van der Waals surface area contributed by atoms with Gasteiger partial charge in [0.25, 0.3) is 0 Å². The molecule has 1 aliphatic heterocycles. The van der Waals surface area contributed by atoms with Gasteiger partial charge in [-0.1, -0.05) is 23.5 Å². The second-order valence-electron chi connectivity index (χ2n) is 10.9. The first-order chi connectivity index (χ1) is 18.8. The van der Waals surface area contributed by atoms with Crippen molar-refractivity contribution in [3.8, 4) is 0 Å². The highest BCUT2D eigenvalue weighted by atomic mass is 32.2. The van der Waals surface area contributed by atoms with Crippen LogP contribution in [0, 0.1) is 17.8 Å². The fourth-order valence-corrected chi connectivity index (χ4v) is 9.84. The number of benzene rings is 2. The lowest BCUT2D eigenvalue weighted by molar-refractivity contribution is -0.116. The number of hydrogen-bond donors (Lipinski definition) is 1. The van der Waals surface area contributed by atoms with Crippen LogP contribution >= 0.6 is 23.1 Å². The van der Waals surface area contributed by atoms with E-state index in [0.717, 1.165) is 15.6 Å². The fraction of sp³-hybridized carbons (Fsp3) is 0.433. The van der Waals surface area contributed by atoms with Gasteiger partial charge in [0, 0.05) is 41.5 Å². The summed E-state index contributed by atoms with van der Waals surface area (Å²) in [5, 5.41) is 4.33. The summed E-state index contributed by atoms with van der Waals surface area (Å²) in [6, 6.07) is 15.4. The minimum atomic E-state index is -0.395. The van der Waals surface area contributed by atoms with E-state index in [1.54, 1.807) is 35.8 Å². The summed E-state index contributed by atoms with van der Waals surface area (Å²) in [5.74, 6) is 1.44. The standard InChI is InChI=1S/C30H33N3O4S2/c1-4-37-29(35)18-7-11-21(12-8-18)31-23(34)16-33-28-27(39-30(33)36)24(17-9-13-22(14-10-17)32(2)3)25-19-5-6-20(15-19)26(25)38-28/h7-14,19-20,24-26H,4-6,15-16H2,1-3H3,(H,31,34)/t19-,20-,24-,25-,26+/m0/s1. The third-order valence-corrected chi connectivity index (χ3v) is 11.3. The number of nitrogens with one attached hydrogen (secondary N) is 1. The number of ether oxygens (including phenoxy) is 1. The Bertz CT molecular complexity index is 1440. The topological polar surface area (TPSA) is 80.6 Å². The molecule has 2 bridgehead atoms. The molecule has 0 unspecified atom stereocenters. The van der Waals surface area contributed by atoms with Crippen LogP contribution < -0.4 is 15.1 Å². The molecule has 5 atom stereocenters. The Hall–Kier alpha value is -3.04. The Morgan fingerprint density at radius 1 is 1.05 bits per heavy atom. The van der Waals surface area contributed by atoms with Gasteiger partial charge in [-0.2, -0.15) is 0 Å². The van der Waals surface area contributed by atoms with Gasteiger partial charge in [-0.15, -0.1) is 11.8 Å². The molecule has 9 heteroatoms. The molecular weight excluding hydrogens is 530 g/mol. The maximum absolute atomic E-state index is 13.3. The first-order valence-corrected chi connectivity index (χ1v) is 15.3. The highest BCUT2D eigenvalue weighted by Gasteiger charge is 2.55. The molecule has 3 aromatic rings. The van der Waals surface area contributed by atoms with Gasteiger partial charge in [0.1, 0.15) is 6.54 Å². The Labute approximate surface area is 236 Å². The smallest absolute Gasteiger partial charge is 0.338 e. The number of fused-ring (bicyclic) bond motifs is 6. The molecule has 7 nitrogen and oxygen atoms in total. The van der Waals surface area contributed by atoms with Crippen molar-refractivity contribution in [2.45, 2.75) is 48.9 Å². The van der Waals surface area contributed by atoms with E-state index < -0.39 is 5.97 Å². The van der Waals surface area contributed by atoms with E-state index in [1.165, 1.54) is 36.2 Å². The van der Waals surface area contributed by atoms with Gasteiger partial charge in [-0.05, 0) is 85.9 Å². The third kappa shape index (κ3) is 4.80. The van der Waals surface area contributed by atoms with Crippen LogP contribution in [-0.2, 0) is 16.1 Å². The van der Waals surface area contributed by atoms with Crippen molar-refractivity contribution in [3.05, 3.63) is 74.2 Å². The van der Waals surface area contributed by atoms with Crippen molar-refractivity contribution in [2.24, 2.45) is 17.8 Å². The van der Waals surface area contributed by atoms with Crippen LogP contribution in [0.3, 0.4) is 0 Å². The predicted octanol–water partition coefficient (Wildman–Crippen LogP) is 5.44. The van der Waals surface area contributed by atoms with Gasteiger partial charge in [-0.25, -0.2) is 4.79 Å². The van der Waals surface area contributed by atoms with E-state index in [1.807, 2.05) is 25.9 Å². The number of carbonyl (C=O) groups is 2. The average molecular weight is 564 g/mol. The number of aromatic nitrogens is 1. The van der Waals surface area contributed by atoms with E-state index in [4.69, 9.17) is 4.74 Å². The largest absolute Gasteiger partial charge is 0.462 e. The number of rotatable bonds is 7. The molecule has 2 aromatic carbocycles. The summed E-state index contributed by atoms with van der Waals surface area (Å²) in [6.45, 7) is 2.03. The van der Waals surface area contributed by atoms with Crippen LogP contribution in [0.5, 0.6) is 0 Å². The quantitative estimate of drug-likeness (QED) is 0.386. The highest BCUT2D eigenvalue weighted by molar-refractivity contribution is 8.00. The molecule has 0 saturated heterocycles. The van der Waals surface area contributed by atoms with Gasteiger partial charge in [0.05, 0.1) is 17.2 Å². The zero-order chi connectivity index (χ0) is 27.3. The van der Waals surface area contributed by atoms with Gasteiger partial charge < -0.3 is 15.0 Å². The maximum Gasteiger partial charge on any atom is 0.338 e. The zero-order valence-corrected chi connectivity index (χ0v) is 24.0. The number of thiazole rings is 1. The van der Waals surface area contributed by atoms with Crippen molar-refractivity contribution in [3.63, 3.8) is 0 Å². The number of carbonyl (C=O) groups excluding carboxylic acids is 2. The van der Waals surface area contributed by atoms with Crippen molar-refractivity contribution in [2.75, 3.05) is 30.9 Å². The lowest BCUT2D eigenvalue weighted by atomic mass is 9.75. The lowest BCUT2D eigenvalue weighted by Gasteiger charge is -2.40. The fourth-order valence-electron chi connectivity index (χ4n) is 6.69. The summed E-state index contributed by atoms with van der Waals surface area (Å²) >= 11 is 3.15. The molecule has 2 fully saturated rings. The van der Waals surface area contributed by atoms with Crippen LogP contribution in [0.15, 0.2) is 58.4 Å². The summed E-state index contributed by atoms with van der Waals surface area (Å²) in [4.78, 5) is 41.4. The molecule has 2 saturated carbocycles. The maximum atomic E-state index is 13.3. The Morgan fingerprint density at radius 2 is 1.77 bits per heavy atom. The van der Waals surface area contributed by atoms with E-state index >= 15 is 0 Å². The SMILES string of the molecule is CCOC(=O)c1ccc(NC(=O)Cn2c3c(sc2=O)[C@@H](c2ccc(N(C)C)cc2)[C@@H]2[C@H]4CC[C@@H](C4)[C@H]2S3)cc1. The zero-order valence-electron chi connectivity index (χ0n) is 22.4. The molecule has 2 heterocycles. The molecule has 6 rings (SSSR count). The van der Waals surface area contributed by atoms with E-state index in [2.05, 4.69) is 34.5 Å². The summed E-state index contributed by atoms with van der Waals surface area (Å²) in [6.07, 6.45) is 3.81. The predicted molar refractivity (Wildman–Crippen MR) is 156 cm³/mol. The van der Waals surface area contributed by atoms with Crippen LogP contribution in [0.4, 0.5) is 11.4 Å². The highest BCUT2D eigenvalue weighted by Crippen LogP contribution is 2.64. The minimum absolute atomic E-state index is 0.0327. The minimum Gasteiger partial charge on any atom is -0.462 e. The van der Waals surface area contributed by atoms with Gasteiger partial charge in [0.15, 0.2) is 0 Å². The monoisotopic (exact) mass is 563 g/mol. The van der Waals surface area contributed by atoms with Crippen LogP contribution in [-0.4, -0.2) is 42.4 Å². The molecule has 1 aromatic heterocycles. The van der Waals surface area contributed by atoms with Crippen molar-refractivity contribution in [1.29, 1.82) is 0 Å². The third-order valence-electron chi connectivity index (χ3n) is 8.44. The normalized spacial score (nSPS) is 24.6. The molecule has 39 heavy (non-hydrogen) atoms. The van der Waals surface area contributed by atoms with E-state index in [-0.39, 0.29) is 23.2 Å². The second-order valence-corrected chi connectivity index (χ2v) is 13.1. The van der Waals surface area contributed by atoms with Crippen molar-refractivity contribution < 1.29 is 14.3 Å². The van der Waals surface area contributed by atoms with E-state index in [9.17, 15) is 14.4 Å². The molecular formula is C30H33N3O4S2. The summed E-state index contributed by atoms with van der Waals surface area (Å²) in [7, 11) is 4.09. The Balaban J connectivity index is 1.27. The van der Waals surface area contributed by atoms with Crippen LogP contribution in [0.1, 0.15) is 52.9 Å². The van der Waals surface area contributed by atoms with Crippen LogP contribution in [0.25, 0.3) is 0 Å². The number of anilines is 2. The number of amides is 1. The molecule has 1 N–H and O–H groups in total.